The first-order valence-electron chi connectivity index (χ1n) is 8.94. The van der Waals surface area contributed by atoms with Gasteiger partial charge in [-0.05, 0) is 36.8 Å². The number of imidazole rings is 1. The van der Waals surface area contributed by atoms with Crippen LogP contribution in [0.1, 0.15) is 21.7 Å². The lowest BCUT2D eigenvalue weighted by molar-refractivity contribution is 0.0950. The summed E-state index contributed by atoms with van der Waals surface area (Å²) < 4.78 is 2.04. The van der Waals surface area contributed by atoms with Gasteiger partial charge in [-0.2, -0.15) is 0 Å². The number of hydrogen-bond donors (Lipinski definition) is 2. The van der Waals surface area contributed by atoms with Gasteiger partial charge in [0.25, 0.3) is 5.91 Å². The lowest BCUT2D eigenvalue weighted by Crippen LogP contribution is -2.23. The molecule has 2 aromatic heterocycles. The molecule has 0 saturated heterocycles. The molecular formula is C21H20N6O. The lowest BCUT2D eigenvalue weighted by Gasteiger charge is -2.07. The van der Waals surface area contributed by atoms with E-state index in [1.165, 1.54) is 12.4 Å². The zero-order valence-electron chi connectivity index (χ0n) is 15.7. The Morgan fingerprint density at radius 2 is 1.82 bits per heavy atom. The number of benzene rings is 2. The number of anilines is 2. The number of nitrogens with zero attached hydrogens (tertiary/aromatic N) is 4. The zero-order valence-corrected chi connectivity index (χ0v) is 15.7. The van der Waals surface area contributed by atoms with E-state index in [0.29, 0.717) is 18.1 Å². The first-order valence-corrected chi connectivity index (χ1v) is 8.94. The van der Waals surface area contributed by atoms with Crippen molar-refractivity contribution in [3.63, 3.8) is 0 Å². The fraction of sp³-hybridized carbons (Fsp3) is 0.143. The van der Waals surface area contributed by atoms with Gasteiger partial charge in [0, 0.05) is 31.7 Å². The van der Waals surface area contributed by atoms with Crippen molar-refractivity contribution < 1.29 is 4.79 Å². The van der Waals surface area contributed by atoms with Crippen molar-refractivity contribution in [2.75, 3.05) is 5.32 Å². The highest BCUT2D eigenvalue weighted by atomic mass is 16.1. The van der Waals surface area contributed by atoms with E-state index in [4.69, 9.17) is 0 Å². The van der Waals surface area contributed by atoms with Crippen LogP contribution in [0.4, 0.5) is 11.6 Å². The summed E-state index contributed by atoms with van der Waals surface area (Å²) in [7, 11) is 1.99. The molecule has 2 aromatic carbocycles. The van der Waals surface area contributed by atoms with Crippen LogP contribution in [0, 0.1) is 6.92 Å². The monoisotopic (exact) mass is 372 g/mol. The number of aryl methyl sites for hydroxylation is 2. The summed E-state index contributed by atoms with van der Waals surface area (Å²) in [5.74, 6) is 1.18. The number of aromatic nitrogens is 4. The van der Waals surface area contributed by atoms with Crippen molar-refractivity contribution in [1.82, 2.24) is 24.8 Å². The molecule has 0 fully saturated rings. The molecule has 0 aliphatic carbocycles. The SMILES string of the molecule is Cc1nc2cc(CNC(=O)c3cnc(Nc4ccccc4)nc3)ccc2n1C. The number of rotatable bonds is 5. The van der Waals surface area contributed by atoms with Crippen LogP contribution in [0.3, 0.4) is 0 Å². The normalized spacial score (nSPS) is 10.8. The minimum atomic E-state index is -0.219. The maximum absolute atomic E-state index is 12.4. The van der Waals surface area contributed by atoms with E-state index in [-0.39, 0.29) is 5.91 Å². The van der Waals surface area contributed by atoms with Crippen LogP contribution in [0.25, 0.3) is 11.0 Å². The maximum atomic E-state index is 12.4. The highest BCUT2D eigenvalue weighted by Crippen LogP contribution is 2.16. The molecule has 0 saturated carbocycles. The number of nitrogens with one attached hydrogen (secondary N) is 2. The number of carbonyl (C=O) groups is 1. The summed E-state index contributed by atoms with van der Waals surface area (Å²) in [6.45, 7) is 2.38. The van der Waals surface area contributed by atoms with Crippen molar-refractivity contribution in [3.05, 3.63) is 77.9 Å². The largest absolute Gasteiger partial charge is 0.348 e. The van der Waals surface area contributed by atoms with Crippen molar-refractivity contribution in [2.24, 2.45) is 7.05 Å². The number of fused-ring (bicyclic) bond motifs is 1. The highest BCUT2D eigenvalue weighted by molar-refractivity contribution is 5.93. The molecule has 2 heterocycles. The molecule has 0 atom stereocenters. The third-order valence-corrected chi connectivity index (χ3v) is 4.57. The lowest BCUT2D eigenvalue weighted by atomic mass is 10.2. The molecule has 0 bridgehead atoms. The van der Waals surface area contributed by atoms with Crippen LogP contribution < -0.4 is 10.6 Å². The van der Waals surface area contributed by atoms with Crippen LogP contribution >= 0.6 is 0 Å². The molecule has 0 unspecified atom stereocenters. The molecule has 140 valence electrons. The Hall–Kier alpha value is -3.74. The number of para-hydroxylation sites is 1. The van der Waals surface area contributed by atoms with Gasteiger partial charge in [0.05, 0.1) is 16.6 Å². The van der Waals surface area contributed by atoms with Crippen LogP contribution in [0.15, 0.2) is 60.9 Å². The molecule has 0 aliphatic rings. The maximum Gasteiger partial charge on any atom is 0.254 e. The van der Waals surface area contributed by atoms with Crippen molar-refractivity contribution in [1.29, 1.82) is 0 Å². The molecule has 0 spiro atoms. The molecule has 28 heavy (non-hydrogen) atoms. The van der Waals surface area contributed by atoms with E-state index < -0.39 is 0 Å². The minimum Gasteiger partial charge on any atom is -0.348 e. The molecule has 7 heteroatoms. The fourth-order valence-corrected chi connectivity index (χ4v) is 2.92. The van der Waals surface area contributed by atoms with Gasteiger partial charge in [-0.3, -0.25) is 4.79 Å². The van der Waals surface area contributed by atoms with Crippen LogP contribution in [0.5, 0.6) is 0 Å². The standard InChI is InChI=1S/C21H20N6O/c1-14-25-18-10-15(8-9-19(18)27(14)2)11-22-20(28)16-12-23-21(24-13-16)26-17-6-4-3-5-7-17/h3-10,12-13H,11H2,1-2H3,(H,22,28)(H,23,24,26). The second kappa shape index (κ2) is 7.48. The van der Waals surface area contributed by atoms with E-state index in [1.54, 1.807) is 0 Å². The van der Waals surface area contributed by atoms with Crippen LogP contribution in [0.2, 0.25) is 0 Å². The molecule has 4 rings (SSSR count). The molecule has 7 nitrogen and oxygen atoms in total. The Bertz CT molecular complexity index is 1120. The third kappa shape index (κ3) is 3.68. The molecule has 4 aromatic rings. The quantitative estimate of drug-likeness (QED) is 0.561. The Morgan fingerprint density at radius 3 is 2.57 bits per heavy atom. The van der Waals surface area contributed by atoms with Crippen molar-refractivity contribution >= 4 is 28.6 Å². The van der Waals surface area contributed by atoms with Gasteiger partial charge in [-0.25, -0.2) is 15.0 Å². The number of amides is 1. The second-order valence-corrected chi connectivity index (χ2v) is 6.51. The first-order chi connectivity index (χ1) is 13.6. The summed E-state index contributed by atoms with van der Waals surface area (Å²) in [5, 5.41) is 5.99. The highest BCUT2D eigenvalue weighted by Gasteiger charge is 2.09. The molecule has 2 N–H and O–H groups in total. The van der Waals surface area contributed by atoms with E-state index in [1.807, 2.05) is 67.1 Å². The van der Waals surface area contributed by atoms with Crippen LogP contribution in [-0.4, -0.2) is 25.4 Å². The number of carbonyl (C=O) groups excluding carboxylic acids is 1. The minimum absolute atomic E-state index is 0.219. The van der Waals surface area contributed by atoms with E-state index >= 15 is 0 Å². The van der Waals surface area contributed by atoms with Gasteiger partial charge in [-0.1, -0.05) is 24.3 Å². The van der Waals surface area contributed by atoms with Gasteiger partial charge in [-0.15, -0.1) is 0 Å². The molecule has 1 amide bonds. The van der Waals surface area contributed by atoms with Crippen LogP contribution in [-0.2, 0) is 13.6 Å². The third-order valence-electron chi connectivity index (χ3n) is 4.57. The Labute approximate surface area is 162 Å². The predicted octanol–water partition coefficient (Wildman–Crippen LogP) is 3.35. The van der Waals surface area contributed by atoms with Gasteiger partial charge in [0.2, 0.25) is 5.95 Å². The van der Waals surface area contributed by atoms with E-state index in [2.05, 4.69) is 25.6 Å². The average molecular weight is 372 g/mol. The van der Waals surface area contributed by atoms with E-state index in [9.17, 15) is 4.79 Å². The smallest absolute Gasteiger partial charge is 0.254 e. The predicted molar refractivity (Wildman–Crippen MR) is 108 cm³/mol. The summed E-state index contributed by atoms with van der Waals surface area (Å²) in [6.07, 6.45) is 3.03. The molecular weight excluding hydrogens is 352 g/mol. The molecule has 0 aliphatic heterocycles. The summed E-state index contributed by atoms with van der Waals surface area (Å²) in [5.41, 5.74) is 4.28. The van der Waals surface area contributed by atoms with Crippen molar-refractivity contribution in [2.45, 2.75) is 13.5 Å². The summed E-state index contributed by atoms with van der Waals surface area (Å²) in [4.78, 5) is 25.3. The Morgan fingerprint density at radius 1 is 1.07 bits per heavy atom. The summed E-state index contributed by atoms with van der Waals surface area (Å²) >= 11 is 0. The van der Waals surface area contributed by atoms with Gasteiger partial charge in [0.1, 0.15) is 5.82 Å². The Kier molecular flexibility index (Phi) is 4.72. The first kappa shape index (κ1) is 17.7. The zero-order chi connectivity index (χ0) is 19.5. The molecule has 0 radical (unpaired) electrons. The summed E-state index contributed by atoms with van der Waals surface area (Å²) in [6, 6.07) is 15.6. The Balaban J connectivity index is 1.39. The number of hydrogen-bond acceptors (Lipinski definition) is 5. The average Bonchev–Trinajstić information content (AvgIpc) is 3.01. The van der Waals surface area contributed by atoms with E-state index in [0.717, 1.165) is 28.1 Å². The van der Waals surface area contributed by atoms with Gasteiger partial charge in [0.15, 0.2) is 0 Å². The van der Waals surface area contributed by atoms with Gasteiger partial charge < -0.3 is 15.2 Å². The second-order valence-electron chi connectivity index (χ2n) is 6.51. The fourth-order valence-electron chi connectivity index (χ4n) is 2.92. The van der Waals surface area contributed by atoms with Gasteiger partial charge >= 0.3 is 0 Å². The van der Waals surface area contributed by atoms with Crippen molar-refractivity contribution in [3.8, 4) is 0 Å². The topological polar surface area (TPSA) is 84.7 Å².